The molecular formula is C17H13ClN4O2. The first kappa shape index (κ1) is 15.8. The smallest absolute Gasteiger partial charge is 0.267 e. The molecule has 6 nitrogen and oxygen atoms in total. The number of hydrogen-bond acceptors (Lipinski definition) is 3. The van der Waals surface area contributed by atoms with Crippen molar-refractivity contribution in [2.45, 2.75) is 0 Å². The first-order valence-corrected chi connectivity index (χ1v) is 7.47. The number of hydrazine groups is 1. The molecule has 0 radical (unpaired) electrons. The second-order valence-corrected chi connectivity index (χ2v) is 5.36. The van der Waals surface area contributed by atoms with Gasteiger partial charge in [-0.25, -0.2) is 4.68 Å². The van der Waals surface area contributed by atoms with Crippen LogP contribution in [0.15, 0.2) is 67.0 Å². The third kappa shape index (κ3) is 3.61. The minimum Gasteiger partial charge on any atom is -0.267 e. The van der Waals surface area contributed by atoms with E-state index in [0.717, 1.165) is 5.69 Å². The molecule has 3 aromatic rings. The van der Waals surface area contributed by atoms with Crippen LogP contribution in [0, 0.1) is 0 Å². The van der Waals surface area contributed by atoms with Gasteiger partial charge < -0.3 is 0 Å². The lowest BCUT2D eigenvalue weighted by atomic mass is 10.2. The Balaban J connectivity index is 1.62. The number of nitrogens with one attached hydrogen (secondary N) is 2. The maximum Gasteiger partial charge on any atom is 0.272 e. The Morgan fingerprint density at radius 1 is 0.875 bits per heavy atom. The number of benzene rings is 2. The quantitative estimate of drug-likeness (QED) is 0.719. The highest BCUT2D eigenvalue weighted by atomic mass is 35.5. The van der Waals surface area contributed by atoms with E-state index in [-0.39, 0.29) is 0 Å². The Kier molecular flexibility index (Phi) is 4.58. The first-order chi connectivity index (χ1) is 11.6. The van der Waals surface area contributed by atoms with Crippen molar-refractivity contribution in [1.29, 1.82) is 0 Å². The maximum absolute atomic E-state index is 12.1. The van der Waals surface area contributed by atoms with Crippen LogP contribution in [0.2, 0.25) is 5.02 Å². The van der Waals surface area contributed by atoms with Crippen LogP contribution in [0.25, 0.3) is 5.69 Å². The van der Waals surface area contributed by atoms with Gasteiger partial charge in [0, 0.05) is 16.8 Å². The fourth-order valence-electron chi connectivity index (χ4n) is 2.02. The molecule has 2 amide bonds. The predicted octanol–water partition coefficient (Wildman–Crippen LogP) is 2.60. The van der Waals surface area contributed by atoms with Gasteiger partial charge in [0.2, 0.25) is 0 Å². The average molecular weight is 341 g/mol. The molecule has 0 aliphatic rings. The fraction of sp³-hybridized carbons (Fsp3) is 0. The highest BCUT2D eigenvalue weighted by Gasteiger charge is 2.11. The van der Waals surface area contributed by atoms with E-state index < -0.39 is 11.8 Å². The van der Waals surface area contributed by atoms with Crippen LogP contribution in [-0.2, 0) is 0 Å². The summed E-state index contributed by atoms with van der Waals surface area (Å²) in [4.78, 5) is 24.0. The molecule has 1 heterocycles. The van der Waals surface area contributed by atoms with E-state index >= 15 is 0 Å². The van der Waals surface area contributed by atoms with Crippen LogP contribution in [0.1, 0.15) is 20.7 Å². The molecular weight excluding hydrogens is 328 g/mol. The minimum absolute atomic E-state index is 0.329. The van der Waals surface area contributed by atoms with Gasteiger partial charge in [-0.1, -0.05) is 29.8 Å². The van der Waals surface area contributed by atoms with Gasteiger partial charge in [0.15, 0.2) is 0 Å². The van der Waals surface area contributed by atoms with Gasteiger partial charge in [-0.05, 0) is 36.4 Å². The highest BCUT2D eigenvalue weighted by Crippen LogP contribution is 2.09. The lowest BCUT2D eigenvalue weighted by Gasteiger charge is -2.06. The molecule has 7 heteroatoms. The van der Waals surface area contributed by atoms with Crippen LogP contribution in [0.4, 0.5) is 0 Å². The predicted molar refractivity (Wildman–Crippen MR) is 89.9 cm³/mol. The summed E-state index contributed by atoms with van der Waals surface area (Å²) < 4.78 is 1.58. The molecule has 0 atom stereocenters. The van der Waals surface area contributed by atoms with Crippen LogP contribution in [0.5, 0.6) is 0 Å². The lowest BCUT2D eigenvalue weighted by Crippen LogP contribution is -2.41. The van der Waals surface area contributed by atoms with Gasteiger partial charge >= 0.3 is 0 Å². The molecule has 0 saturated heterocycles. The summed E-state index contributed by atoms with van der Waals surface area (Å²) in [5.74, 6) is -0.894. The number of amides is 2. The van der Waals surface area contributed by atoms with E-state index in [1.807, 2.05) is 30.3 Å². The van der Waals surface area contributed by atoms with Gasteiger partial charge in [-0.2, -0.15) is 5.10 Å². The summed E-state index contributed by atoms with van der Waals surface area (Å²) in [5.41, 5.74) is 6.25. The molecule has 2 aromatic carbocycles. The third-order valence-electron chi connectivity index (χ3n) is 3.26. The highest BCUT2D eigenvalue weighted by molar-refractivity contribution is 6.30. The number of halogens is 1. The van der Waals surface area contributed by atoms with E-state index in [0.29, 0.717) is 16.1 Å². The van der Waals surface area contributed by atoms with Crippen LogP contribution >= 0.6 is 11.6 Å². The Morgan fingerprint density at radius 2 is 1.50 bits per heavy atom. The molecule has 24 heavy (non-hydrogen) atoms. The van der Waals surface area contributed by atoms with Crippen LogP contribution < -0.4 is 10.9 Å². The van der Waals surface area contributed by atoms with Crippen LogP contribution in [0.3, 0.4) is 0 Å². The van der Waals surface area contributed by atoms with E-state index in [9.17, 15) is 9.59 Å². The van der Waals surface area contributed by atoms with Gasteiger partial charge in [-0.15, -0.1) is 0 Å². The van der Waals surface area contributed by atoms with E-state index in [2.05, 4.69) is 16.0 Å². The van der Waals surface area contributed by atoms with Crippen molar-refractivity contribution in [1.82, 2.24) is 20.6 Å². The standard InChI is InChI=1S/C17H13ClN4O2/c18-14-8-6-12(7-9-14)16(23)20-21-17(24)13-10-19-22(11-13)15-4-2-1-3-5-15/h1-11H,(H,20,23)(H,21,24). The molecule has 0 fully saturated rings. The fourth-order valence-corrected chi connectivity index (χ4v) is 2.15. The van der Waals surface area contributed by atoms with Crippen molar-refractivity contribution >= 4 is 23.4 Å². The SMILES string of the molecule is O=C(NNC(=O)c1cnn(-c2ccccc2)c1)c1ccc(Cl)cc1. The number of rotatable bonds is 3. The zero-order chi connectivity index (χ0) is 16.9. The Hall–Kier alpha value is -3.12. The molecule has 0 aliphatic carbocycles. The van der Waals surface area contributed by atoms with E-state index in [1.54, 1.807) is 35.1 Å². The van der Waals surface area contributed by atoms with Crippen molar-refractivity contribution < 1.29 is 9.59 Å². The zero-order valence-electron chi connectivity index (χ0n) is 12.4. The Labute approximate surface area is 143 Å². The van der Waals surface area contributed by atoms with Gasteiger partial charge in [-0.3, -0.25) is 20.4 Å². The summed E-state index contributed by atoms with van der Waals surface area (Å²) in [5, 5.41) is 4.66. The summed E-state index contributed by atoms with van der Waals surface area (Å²) in [7, 11) is 0. The molecule has 0 saturated carbocycles. The van der Waals surface area contributed by atoms with E-state index in [4.69, 9.17) is 11.6 Å². The average Bonchev–Trinajstić information content (AvgIpc) is 3.11. The van der Waals surface area contributed by atoms with Gasteiger partial charge in [0.1, 0.15) is 0 Å². The first-order valence-electron chi connectivity index (χ1n) is 7.10. The Morgan fingerprint density at radius 3 is 2.17 bits per heavy atom. The van der Waals surface area contributed by atoms with Crippen molar-refractivity contribution in [2.24, 2.45) is 0 Å². The largest absolute Gasteiger partial charge is 0.272 e. The van der Waals surface area contributed by atoms with Gasteiger partial charge in [0.25, 0.3) is 11.8 Å². The normalized spacial score (nSPS) is 10.2. The number of hydrogen-bond donors (Lipinski definition) is 2. The number of aromatic nitrogens is 2. The second-order valence-electron chi connectivity index (χ2n) is 4.92. The zero-order valence-corrected chi connectivity index (χ0v) is 13.2. The van der Waals surface area contributed by atoms with Crippen molar-refractivity contribution in [3.05, 3.63) is 83.1 Å². The van der Waals surface area contributed by atoms with E-state index in [1.165, 1.54) is 6.20 Å². The monoisotopic (exact) mass is 340 g/mol. The van der Waals surface area contributed by atoms with Crippen molar-refractivity contribution in [3.63, 3.8) is 0 Å². The number of carbonyl (C=O) groups is 2. The van der Waals surface area contributed by atoms with Crippen molar-refractivity contribution in [3.8, 4) is 5.69 Å². The molecule has 0 bridgehead atoms. The minimum atomic E-state index is -0.459. The molecule has 120 valence electrons. The van der Waals surface area contributed by atoms with Gasteiger partial charge in [0.05, 0.1) is 17.4 Å². The summed E-state index contributed by atoms with van der Waals surface area (Å²) in [6.45, 7) is 0. The molecule has 1 aromatic heterocycles. The van der Waals surface area contributed by atoms with Crippen molar-refractivity contribution in [2.75, 3.05) is 0 Å². The molecule has 0 spiro atoms. The molecule has 0 aliphatic heterocycles. The summed E-state index contributed by atoms with van der Waals surface area (Å²) in [6.07, 6.45) is 3.01. The topological polar surface area (TPSA) is 76.0 Å². The second kappa shape index (κ2) is 6.97. The third-order valence-corrected chi connectivity index (χ3v) is 3.51. The van der Waals surface area contributed by atoms with Crippen LogP contribution in [-0.4, -0.2) is 21.6 Å². The number of carbonyl (C=O) groups excluding carboxylic acids is 2. The maximum atomic E-state index is 12.1. The lowest BCUT2D eigenvalue weighted by molar-refractivity contribution is 0.0846. The molecule has 2 N–H and O–H groups in total. The number of para-hydroxylation sites is 1. The summed E-state index contributed by atoms with van der Waals surface area (Å²) >= 11 is 5.77. The Bertz CT molecular complexity index is 860. The summed E-state index contributed by atoms with van der Waals surface area (Å²) in [6, 6.07) is 15.7. The number of nitrogens with zero attached hydrogens (tertiary/aromatic N) is 2. The molecule has 0 unspecified atom stereocenters. The molecule has 3 rings (SSSR count).